The van der Waals surface area contributed by atoms with Gasteiger partial charge >= 0.3 is 6.18 Å². The molecule has 0 heterocycles. The monoisotopic (exact) mass is 278 g/mol. The number of aryl methyl sites for hydroxylation is 1. The molecule has 104 valence electrons. The fourth-order valence-corrected chi connectivity index (χ4v) is 1.96. The summed E-state index contributed by atoms with van der Waals surface area (Å²) in [6, 6.07) is 12.0. The first-order valence-corrected chi connectivity index (χ1v) is 6.13. The van der Waals surface area contributed by atoms with Crippen LogP contribution in [0.5, 0.6) is 0 Å². The molecule has 0 N–H and O–H groups in total. The SMILES string of the molecule is Cc1ccc(CC(=O)c2ccccc2C(F)(F)F)cc1. The Hall–Kier alpha value is -2.10. The third kappa shape index (κ3) is 3.26. The van der Waals surface area contributed by atoms with E-state index in [0.29, 0.717) is 5.56 Å². The van der Waals surface area contributed by atoms with Crippen molar-refractivity contribution < 1.29 is 18.0 Å². The number of benzene rings is 2. The number of halogens is 3. The van der Waals surface area contributed by atoms with Crippen molar-refractivity contribution in [3.8, 4) is 0 Å². The molecule has 0 spiro atoms. The molecular formula is C16H13F3O. The van der Waals surface area contributed by atoms with Gasteiger partial charge in [-0.25, -0.2) is 0 Å². The van der Waals surface area contributed by atoms with Gasteiger partial charge in [-0.05, 0) is 18.6 Å². The molecule has 0 aliphatic heterocycles. The summed E-state index contributed by atoms with van der Waals surface area (Å²) in [5, 5.41) is 0. The summed E-state index contributed by atoms with van der Waals surface area (Å²) in [6.45, 7) is 1.91. The van der Waals surface area contributed by atoms with Crippen LogP contribution in [0.2, 0.25) is 0 Å². The Morgan fingerprint density at radius 1 is 1.00 bits per heavy atom. The van der Waals surface area contributed by atoms with Crippen molar-refractivity contribution in [2.24, 2.45) is 0 Å². The fourth-order valence-electron chi connectivity index (χ4n) is 1.96. The van der Waals surface area contributed by atoms with E-state index < -0.39 is 17.5 Å². The van der Waals surface area contributed by atoms with E-state index >= 15 is 0 Å². The van der Waals surface area contributed by atoms with E-state index in [1.165, 1.54) is 18.2 Å². The highest BCUT2D eigenvalue weighted by atomic mass is 19.4. The number of hydrogen-bond acceptors (Lipinski definition) is 1. The summed E-state index contributed by atoms with van der Waals surface area (Å²) in [7, 11) is 0. The molecule has 0 unspecified atom stereocenters. The van der Waals surface area contributed by atoms with Gasteiger partial charge in [0.1, 0.15) is 0 Å². The third-order valence-corrected chi connectivity index (χ3v) is 3.02. The lowest BCUT2D eigenvalue weighted by Gasteiger charge is -2.11. The molecule has 0 atom stereocenters. The Kier molecular flexibility index (Phi) is 3.93. The van der Waals surface area contributed by atoms with E-state index in [2.05, 4.69) is 0 Å². The molecular weight excluding hydrogens is 265 g/mol. The van der Waals surface area contributed by atoms with Gasteiger partial charge in [-0.3, -0.25) is 4.79 Å². The minimum Gasteiger partial charge on any atom is -0.294 e. The van der Waals surface area contributed by atoms with E-state index in [1.54, 1.807) is 12.1 Å². The minimum atomic E-state index is -4.51. The van der Waals surface area contributed by atoms with E-state index in [4.69, 9.17) is 0 Å². The molecule has 0 fully saturated rings. The summed E-state index contributed by atoms with van der Waals surface area (Å²) in [6.07, 6.45) is -4.55. The molecule has 0 aliphatic rings. The van der Waals surface area contributed by atoms with Gasteiger partial charge < -0.3 is 0 Å². The largest absolute Gasteiger partial charge is 0.417 e. The molecule has 2 aromatic rings. The summed E-state index contributed by atoms with van der Waals surface area (Å²) in [4.78, 5) is 12.1. The third-order valence-electron chi connectivity index (χ3n) is 3.02. The van der Waals surface area contributed by atoms with Gasteiger partial charge in [0.05, 0.1) is 5.56 Å². The van der Waals surface area contributed by atoms with E-state index in [1.807, 2.05) is 19.1 Å². The first-order chi connectivity index (χ1) is 9.38. The first kappa shape index (κ1) is 14.3. The van der Waals surface area contributed by atoms with Crippen molar-refractivity contribution in [3.05, 3.63) is 70.8 Å². The molecule has 0 aromatic heterocycles. The topological polar surface area (TPSA) is 17.1 Å². The fraction of sp³-hybridized carbons (Fsp3) is 0.188. The maximum absolute atomic E-state index is 12.8. The number of Topliss-reactive ketones (excluding diaryl/α,β-unsaturated/α-hetero) is 1. The van der Waals surface area contributed by atoms with Gasteiger partial charge in [0.15, 0.2) is 5.78 Å². The zero-order valence-corrected chi connectivity index (χ0v) is 10.9. The minimum absolute atomic E-state index is 0.0344. The standard InChI is InChI=1S/C16H13F3O/c1-11-6-8-12(9-7-11)10-15(20)13-4-2-3-5-14(13)16(17,18)19/h2-9H,10H2,1H3. The summed E-state index contributed by atoms with van der Waals surface area (Å²) in [5.74, 6) is -0.526. The quantitative estimate of drug-likeness (QED) is 0.759. The zero-order chi connectivity index (χ0) is 14.8. The van der Waals surface area contributed by atoms with E-state index in [0.717, 1.165) is 11.6 Å². The average Bonchev–Trinajstić information content (AvgIpc) is 2.40. The van der Waals surface area contributed by atoms with Crippen LogP contribution in [-0.4, -0.2) is 5.78 Å². The van der Waals surface area contributed by atoms with E-state index in [-0.39, 0.29) is 12.0 Å². The highest BCUT2D eigenvalue weighted by molar-refractivity contribution is 5.99. The van der Waals surface area contributed by atoms with Gasteiger partial charge in [-0.2, -0.15) is 13.2 Å². The van der Waals surface area contributed by atoms with Crippen LogP contribution < -0.4 is 0 Å². The Labute approximate surface area is 115 Å². The summed E-state index contributed by atoms with van der Waals surface area (Å²) in [5.41, 5.74) is 0.590. The first-order valence-electron chi connectivity index (χ1n) is 6.13. The lowest BCUT2D eigenvalue weighted by molar-refractivity contribution is -0.137. The Balaban J connectivity index is 2.28. The van der Waals surface area contributed by atoms with Crippen molar-refractivity contribution in [1.29, 1.82) is 0 Å². The van der Waals surface area contributed by atoms with Crippen molar-refractivity contribution in [3.63, 3.8) is 0 Å². The second kappa shape index (κ2) is 5.49. The normalized spacial score (nSPS) is 11.4. The summed E-state index contributed by atoms with van der Waals surface area (Å²) < 4.78 is 38.5. The molecule has 0 saturated carbocycles. The number of rotatable bonds is 3. The maximum atomic E-state index is 12.8. The molecule has 0 aliphatic carbocycles. The number of carbonyl (C=O) groups is 1. The van der Waals surface area contributed by atoms with Crippen LogP contribution in [0.4, 0.5) is 13.2 Å². The molecule has 0 amide bonds. The van der Waals surface area contributed by atoms with Crippen molar-refractivity contribution >= 4 is 5.78 Å². The Morgan fingerprint density at radius 3 is 2.20 bits per heavy atom. The van der Waals surface area contributed by atoms with E-state index in [9.17, 15) is 18.0 Å². The second-order valence-corrected chi connectivity index (χ2v) is 4.63. The molecule has 0 radical (unpaired) electrons. The molecule has 2 rings (SSSR count). The highest BCUT2D eigenvalue weighted by Crippen LogP contribution is 2.32. The van der Waals surface area contributed by atoms with Crippen LogP contribution in [0, 0.1) is 6.92 Å². The number of ketones is 1. The lowest BCUT2D eigenvalue weighted by atomic mass is 9.98. The van der Waals surface area contributed by atoms with Gasteiger partial charge in [-0.1, -0.05) is 48.0 Å². The van der Waals surface area contributed by atoms with Crippen LogP contribution in [-0.2, 0) is 12.6 Å². The number of alkyl halides is 3. The molecule has 4 heteroatoms. The zero-order valence-electron chi connectivity index (χ0n) is 10.9. The van der Waals surface area contributed by atoms with Gasteiger partial charge in [0.25, 0.3) is 0 Å². The molecule has 1 nitrogen and oxygen atoms in total. The smallest absolute Gasteiger partial charge is 0.294 e. The molecule has 0 bridgehead atoms. The predicted octanol–water partition coefficient (Wildman–Crippen LogP) is 4.44. The highest BCUT2D eigenvalue weighted by Gasteiger charge is 2.34. The number of hydrogen-bond donors (Lipinski definition) is 0. The van der Waals surface area contributed by atoms with Crippen LogP contribution in [0.25, 0.3) is 0 Å². The van der Waals surface area contributed by atoms with Crippen LogP contribution >= 0.6 is 0 Å². The van der Waals surface area contributed by atoms with Crippen LogP contribution in [0.15, 0.2) is 48.5 Å². The Bertz CT molecular complexity index is 612. The maximum Gasteiger partial charge on any atom is 0.417 e. The van der Waals surface area contributed by atoms with Crippen molar-refractivity contribution in [2.45, 2.75) is 19.5 Å². The van der Waals surface area contributed by atoms with Gasteiger partial charge in [0.2, 0.25) is 0 Å². The molecule has 2 aromatic carbocycles. The van der Waals surface area contributed by atoms with Gasteiger partial charge in [-0.15, -0.1) is 0 Å². The van der Waals surface area contributed by atoms with Gasteiger partial charge in [0, 0.05) is 12.0 Å². The lowest BCUT2D eigenvalue weighted by Crippen LogP contribution is -2.14. The number of carbonyl (C=O) groups excluding carboxylic acids is 1. The van der Waals surface area contributed by atoms with Crippen LogP contribution in [0.3, 0.4) is 0 Å². The molecule has 0 saturated heterocycles. The van der Waals surface area contributed by atoms with Crippen molar-refractivity contribution in [1.82, 2.24) is 0 Å². The Morgan fingerprint density at radius 2 is 1.60 bits per heavy atom. The second-order valence-electron chi connectivity index (χ2n) is 4.63. The van der Waals surface area contributed by atoms with Crippen molar-refractivity contribution in [2.75, 3.05) is 0 Å². The van der Waals surface area contributed by atoms with Crippen LogP contribution in [0.1, 0.15) is 27.0 Å². The molecule has 20 heavy (non-hydrogen) atoms. The summed E-state index contributed by atoms with van der Waals surface area (Å²) >= 11 is 0. The average molecular weight is 278 g/mol. The predicted molar refractivity (Wildman–Crippen MR) is 70.7 cm³/mol.